The molecule has 1 amide bonds. The summed E-state index contributed by atoms with van der Waals surface area (Å²) in [5, 5.41) is 3.97. The highest BCUT2D eigenvalue weighted by Gasteiger charge is 2.20. The Morgan fingerprint density at radius 2 is 2.19 bits per heavy atom. The Hall–Kier alpha value is -1.30. The number of carbonyl (C=O) groups is 1. The van der Waals surface area contributed by atoms with Gasteiger partial charge < -0.3 is 15.5 Å². The molecule has 3 N–H and O–H groups in total. The number of nitrogens with two attached hydrogens (primary N) is 1. The van der Waals surface area contributed by atoms with Crippen molar-refractivity contribution in [3.63, 3.8) is 0 Å². The highest BCUT2D eigenvalue weighted by molar-refractivity contribution is 7.16. The van der Waals surface area contributed by atoms with Gasteiger partial charge in [0.05, 0.1) is 17.1 Å². The van der Waals surface area contributed by atoms with Crippen molar-refractivity contribution in [1.82, 2.24) is 0 Å². The molecule has 6 heteroatoms. The number of aryl methyl sites for hydroxylation is 1. The van der Waals surface area contributed by atoms with E-state index in [1.807, 2.05) is 0 Å². The number of rotatable bonds is 3. The summed E-state index contributed by atoms with van der Waals surface area (Å²) in [5.41, 5.74) is 8.67. The zero-order chi connectivity index (χ0) is 14.1. The second-order valence-electron chi connectivity index (χ2n) is 5.12. The molecule has 2 heterocycles. The van der Waals surface area contributed by atoms with E-state index in [4.69, 9.17) is 10.2 Å². The van der Waals surface area contributed by atoms with Gasteiger partial charge in [-0.15, -0.1) is 23.7 Å². The number of fused-ring (bicyclic) bond motifs is 1. The molecule has 114 valence electrons. The van der Waals surface area contributed by atoms with Gasteiger partial charge >= 0.3 is 0 Å². The maximum Gasteiger partial charge on any atom is 0.259 e. The average molecular weight is 327 g/mol. The molecule has 2 aromatic rings. The van der Waals surface area contributed by atoms with E-state index in [1.165, 1.54) is 35.1 Å². The first kappa shape index (κ1) is 16.1. The maximum absolute atomic E-state index is 12.2. The fourth-order valence-electron chi connectivity index (χ4n) is 2.62. The fourth-order valence-corrected chi connectivity index (χ4v) is 3.92. The Morgan fingerprint density at radius 1 is 1.43 bits per heavy atom. The number of carbonyl (C=O) groups excluding carboxylic acids is 1. The van der Waals surface area contributed by atoms with Gasteiger partial charge in [-0.2, -0.15) is 0 Å². The van der Waals surface area contributed by atoms with E-state index in [0.29, 0.717) is 17.9 Å². The molecular formula is C15H19ClN2O2S. The molecule has 0 fully saturated rings. The van der Waals surface area contributed by atoms with Crippen molar-refractivity contribution in [2.75, 3.05) is 5.32 Å². The van der Waals surface area contributed by atoms with Crippen molar-refractivity contribution in [1.29, 1.82) is 0 Å². The second-order valence-corrected chi connectivity index (χ2v) is 6.23. The van der Waals surface area contributed by atoms with Crippen LogP contribution in [0.5, 0.6) is 0 Å². The molecule has 0 atom stereocenters. The number of hydrogen-bond acceptors (Lipinski definition) is 4. The van der Waals surface area contributed by atoms with Crippen LogP contribution in [-0.4, -0.2) is 5.91 Å². The number of nitrogens with one attached hydrogen (secondary N) is 1. The summed E-state index contributed by atoms with van der Waals surface area (Å²) in [4.78, 5) is 13.6. The van der Waals surface area contributed by atoms with Crippen LogP contribution in [-0.2, 0) is 19.4 Å². The monoisotopic (exact) mass is 326 g/mol. The number of hydrogen-bond donors (Lipinski definition) is 2. The number of amides is 1. The van der Waals surface area contributed by atoms with Crippen molar-refractivity contribution >= 4 is 34.7 Å². The van der Waals surface area contributed by atoms with Crippen LogP contribution in [0.3, 0.4) is 0 Å². The van der Waals surface area contributed by atoms with Gasteiger partial charge in [0, 0.05) is 4.88 Å². The topological polar surface area (TPSA) is 68.3 Å². The summed E-state index contributed by atoms with van der Waals surface area (Å²) >= 11 is 1.71. The molecule has 4 nitrogen and oxygen atoms in total. The number of thiophene rings is 1. The van der Waals surface area contributed by atoms with Crippen LogP contribution in [0.1, 0.15) is 45.0 Å². The fraction of sp³-hybridized carbons (Fsp3) is 0.400. The predicted octanol–water partition coefficient (Wildman–Crippen LogP) is 3.66. The molecule has 0 saturated carbocycles. The van der Waals surface area contributed by atoms with E-state index in [1.54, 1.807) is 17.4 Å². The van der Waals surface area contributed by atoms with Crippen LogP contribution in [0.4, 0.5) is 5.00 Å². The van der Waals surface area contributed by atoms with Gasteiger partial charge in [-0.25, -0.2) is 0 Å². The SMILES string of the molecule is Cc1c(NC(=O)c2coc(CN)c2)sc2c1CCCC2.Cl. The van der Waals surface area contributed by atoms with Crippen LogP contribution in [0.2, 0.25) is 0 Å². The van der Waals surface area contributed by atoms with Crippen LogP contribution in [0.15, 0.2) is 16.7 Å². The van der Waals surface area contributed by atoms with E-state index >= 15 is 0 Å². The van der Waals surface area contributed by atoms with Gasteiger partial charge in [0.1, 0.15) is 12.0 Å². The summed E-state index contributed by atoms with van der Waals surface area (Å²) < 4.78 is 5.20. The number of anilines is 1. The second kappa shape index (κ2) is 6.64. The molecule has 3 rings (SSSR count). The third kappa shape index (κ3) is 3.15. The maximum atomic E-state index is 12.2. The van der Waals surface area contributed by atoms with Crippen molar-refractivity contribution in [2.24, 2.45) is 5.73 Å². The Morgan fingerprint density at radius 3 is 2.86 bits per heavy atom. The molecular weight excluding hydrogens is 308 g/mol. The highest BCUT2D eigenvalue weighted by atomic mass is 35.5. The van der Waals surface area contributed by atoms with Crippen LogP contribution in [0, 0.1) is 6.92 Å². The molecule has 0 radical (unpaired) electrons. The summed E-state index contributed by atoms with van der Waals surface area (Å²) in [7, 11) is 0. The lowest BCUT2D eigenvalue weighted by atomic mass is 9.96. The van der Waals surface area contributed by atoms with Crippen LogP contribution in [0.25, 0.3) is 0 Å². The minimum atomic E-state index is -0.129. The van der Waals surface area contributed by atoms with E-state index in [2.05, 4.69) is 12.2 Å². The van der Waals surface area contributed by atoms with Crippen molar-refractivity contribution < 1.29 is 9.21 Å². The minimum absolute atomic E-state index is 0. The van der Waals surface area contributed by atoms with Crippen LogP contribution >= 0.6 is 23.7 Å². The molecule has 1 aliphatic carbocycles. The predicted molar refractivity (Wildman–Crippen MR) is 87.5 cm³/mol. The summed E-state index contributed by atoms with van der Waals surface area (Å²) in [5.74, 6) is 0.493. The van der Waals surface area contributed by atoms with Crippen molar-refractivity contribution in [3.05, 3.63) is 39.7 Å². The molecule has 21 heavy (non-hydrogen) atoms. The molecule has 1 aliphatic rings. The molecule has 0 aromatic carbocycles. The average Bonchev–Trinajstić information content (AvgIpc) is 3.05. The molecule has 0 bridgehead atoms. The lowest BCUT2D eigenvalue weighted by Crippen LogP contribution is -2.10. The zero-order valence-electron chi connectivity index (χ0n) is 11.9. The first-order chi connectivity index (χ1) is 9.69. The quantitative estimate of drug-likeness (QED) is 0.904. The van der Waals surface area contributed by atoms with E-state index in [0.717, 1.165) is 17.8 Å². The molecule has 2 aromatic heterocycles. The highest BCUT2D eigenvalue weighted by Crippen LogP contribution is 2.37. The van der Waals surface area contributed by atoms with Gasteiger partial charge in [-0.1, -0.05) is 0 Å². The zero-order valence-corrected chi connectivity index (χ0v) is 13.5. The van der Waals surface area contributed by atoms with Gasteiger partial charge in [0.15, 0.2) is 0 Å². The normalized spacial score (nSPS) is 13.4. The molecule has 0 spiro atoms. The summed E-state index contributed by atoms with van der Waals surface area (Å²) in [6, 6.07) is 1.69. The van der Waals surface area contributed by atoms with E-state index in [-0.39, 0.29) is 18.3 Å². The van der Waals surface area contributed by atoms with Gasteiger partial charge in [-0.05, 0) is 49.8 Å². The number of halogens is 1. The number of furan rings is 1. The Kier molecular flexibility index (Phi) is 5.08. The van der Waals surface area contributed by atoms with Crippen molar-refractivity contribution in [3.8, 4) is 0 Å². The van der Waals surface area contributed by atoms with Crippen LogP contribution < -0.4 is 11.1 Å². The van der Waals surface area contributed by atoms with Gasteiger partial charge in [0.2, 0.25) is 0 Å². The van der Waals surface area contributed by atoms with E-state index < -0.39 is 0 Å². The molecule has 0 saturated heterocycles. The first-order valence-electron chi connectivity index (χ1n) is 6.89. The molecule has 0 unspecified atom stereocenters. The lowest BCUT2D eigenvalue weighted by Gasteiger charge is -2.10. The standard InChI is InChI=1S/C15H18N2O2S.ClH/c1-9-12-4-2-3-5-13(12)20-15(9)17-14(18)10-6-11(7-16)19-8-10;/h6,8H,2-5,7,16H2,1H3,(H,17,18);1H. The summed E-state index contributed by atoms with van der Waals surface area (Å²) in [6.07, 6.45) is 6.23. The largest absolute Gasteiger partial charge is 0.467 e. The van der Waals surface area contributed by atoms with Gasteiger partial charge in [-0.3, -0.25) is 4.79 Å². The third-order valence-electron chi connectivity index (χ3n) is 3.78. The summed E-state index contributed by atoms with van der Waals surface area (Å²) in [6.45, 7) is 2.40. The van der Waals surface area contributed by atoms with Gasteiger partial charge in [0.25, 0.3) is 5.91 Å². The van der Waals surface area contributed by atoms with Crippen molar-refractivity contribution in [2.45, 2.75) is 39.2 Å². The Labute approximate surface area is 134 Å². The minimum Gasteiger partial charge on any atom is -0.467 e. The Balaban J connectivity index is 0.00000161. The molecule has 0 aliphatic heterocycles. The smallest absolute Gasteiger partial charge is 0.259 e. The van der Waals surface area contributed by atoms with E-state index in [9.17, 15) is 4.79 Å². The first-order valence-corrected chi connectivity index (χ1v) is 7.70. The lowest BCUT2D eigenvalue weighted by molar-refractivity contribution is 0.102. The third-order valence-corrected chi connectivity index (χ3v) is 5.09. The Bertz CT molecular complexity index is 648.